The number of hydrogen-bond donors (Lipinski definition) is 1. The van der Waals surface area contributed by atoms with Gasteiger partial charge in [-0.15, -0.1) is 0 Å². The van der Waals surface area contributed by atoms with Crippen molar-refractivity contribution in [2.24, 2.45) is 5.92 Å². The molecule has 0 atom stereocenters. The summed E-state index contributed by atoms with van der Waals surface area (Å²) in [4.78, 5) is 4.26. The Morgan fingerprint density at radius 1 is 1.40 bits per heavy atom. The third-order valence-electron chi connectivity index (χ3n) is 2.01. The molecule has 0 fully saturated rings. The quantitative estimate of drug-likeness (QED) is 0.824. The summed E-state index contributed by atoms with van der Waals surface area (Å²) >= 11 is 0. The molecule has 0 saturated carbocycles. The normalized spacial score (nSPS) is 12.4. The Morgan fingerprint density at radius 2 is 2.07 bits per heavy atom. The molecule has 1 heterocycles. The van der Waals surface area contributed by atoms with Gasteiger partial charge in [0.05, 0.1) is 6.54 Å². The van der Waals surface area contributed by atoms with Gasteiger partial charge in [-0.05, 0) is 26.7 Å². The largest absolute Gasteiger partial charge is 0.305 e. The molecule has 0 unspecified atom stereocenters. The molecule has 0 aliphatic heterocycles. The van der Waals surface area contributed by atoms with Gasteiger partial charge in [0.1, 0.15) is 12.2 Å². The van der Waals surface area contributed by atoms with Crippen LogP contribution >= 0.6 is 0 Å². The SMILES string of the molecule is CC(C)Cn1ncnc1CNC(C)(C)C. The molecule has 15 heavy (non-hydrogen) atoms. The molecular weight excluding hydrogens is 188 g/mol. The van der Waals surface area contributed by atoms with Crippen molar-refractivity contribution in [1.29, 1.82) is 0 Å². The predicted octanol–water partition coefficient (Wildman–Crippen LogP) is 1.82. The average molecular weight is 210 g/mol. The molecule has 1 rings (SSSR count). The molecule has 0 bridgehead atoms. The first-order chi connectivity index (χ1) is 6.88. The zero-order chi connectivity index (χ0) is 11.5. The maximum atomic E-state index is 4.26. The van der Waals surface area contributed by atoms with E-state index in [0.717, 1.165) is 18.9 Å². The van der Waals surface area contributed by atoms with Crippen LogP contribution in [0.1, 0.15) is 40.4 Å². The van der Waals surface area contributed by atoms with Crippen molar-refractivity contribution in [2.75, 3.05) is 0 Å². The van der Waals surface area contributed by atoms with E-state index in [9.17, 15) is 0 Å². The minimum atomic E-state index is 0.120. The van der Waals surface area contributed by atoms with Crippen LogP contribution in [0.3, 0.4) is 0 Å². The predicted molar refractivity (Wildman–Crippen MR) is 61.5 cm³/mol. The van der Waals surface area contributed by atoms with Crippen LogP contribution in [-0.4, -0.2) is 20.3 Å². The van der Waals surface area contributed by atoms with E-state index in [0.29, 0.717) is 5.92 Å². The average Bonchev–Trinajstić information content (AvgIpc) is 2.46. The molecule has 0 amide bonds. The van der Waals surface area contributed by atoms with Crippen LogP contribution in [0, 0.1) is 5.92 Å². The first-order valence-corrected chi connectivity index (χ1v) is 5.50. The lowest BCUT2D eigenvalue weighted by molar-refractivity contribution is 0.397. The van der Waals surface area contributed by atoms with Crippen LogP contribution in [-0.2, 0) is 13.1 Å². The lowest BCUT2D eigenvalue weighted by Crippen LogP contribution is -2.36. The van der Waals surface area contributed by atoms with Crippen molar-refractivity contribution < 1.29 is 0 Å². The van der Waals surface area contributed by atoms with Crippen molar-refractivity contribution in [1.82, 2.24) is 20.1 Å². The Kier molecular flexibility index (Phi) is 3.85. The molecule has 0 aliphatic carbocycles. The van der Waals surface area contributed by atoms with E-state index in [2.05, 4.69) is 50.0 Å². The summed E-state index contributed by atoms with van der Waals surface area (Å²) in [7, 11) is 0. The second-order valence-electron chi connectivity index (χ2n) is 5.36. The summed E-state index contributed by atoms with van der Waals surface area (Å²) in [5, 5.41) is 7.64. The molecular formula is C11H22N4. The molecule has 0 aliphatic rings. The molecule has 0 aromatic carbocycles. The van der Waals surface area contributed by atoms with Crippen LogP contribution in [0.15, 0.2) is 6.33 Å². The van der Waals surface area contributed by atoms with Gasteiger partial charge in [-0.1, -0.05) is 13.8 Å². The van der Waals surface area contributed by atoms with E-state index >= 15 is 0 Å². The number of aromatic nitrogens is 3. The van der Waals surface area contributed by atoms with Gasteiger partial charge in [0.15, 0.2) is 0 Å². The molecule has 0 saturated heterocycles. The Bertz CT molecular complexity index is 296. The summed E-state index contributed by atoms with van der Waals surface area (Å²) < 4.78 is 1.98. The minimum Gasteiger partial charge on any atom is -0.305 e. The van der Waals surface area contributed by atoms with Gasteiger partial charge >= 0.3 is 0 Å². The van der Waals surface area contributed by atoms with E-state index < -0.39 is 0 Å². The van der Waals surface area contributed by atoms with Gasteiger partial charge in [-0.3, -0.25) is 0 Å². The fraction of sp³-hybridized carbons (Fsp3) is 0.818. The molecule has 0 spiro atoms. The minimum absolute atomic E-state index is 0.120. The number of rotatable bonds is 4. The maximum Gasteiger partial charge on any atom is 0.140 e. The van der Waals surface area contributed by atoms with Gasteiger partial charge in [-0.25, -0.2) is 9.67 Å². The van der Waals surface area contributed by atoms with Crippen LogP contribution in [0.25, 0.3) is 0 Å². The van der Waals surface area contributed by atoms with Crippen LogP contribution in [0.2, 0.25) is 0 Å². The van der Waals surface area contributed by atoms with Gasteiger partial charge < -0.3 is 5.32 Å². The van der Waals surface area contributed by atoms with Gasteiger partial charge in [-0.2, -0.15) is 5.10 Å². The second kappa shape index (κ2) is 4.75. The van der Waals surface area contributed by atoms with Crippen LogP contribution in [0.4, 0.5) is 0 Å². The third-order valence-corrected chi connectivity index (χ3v) is 2.01. The standard InChI is InChI=1S/C11H22N4/c1-9(2)7-15-10(12-8-14-15)6-13-11(3,4)5/h8-9,13H,6-7H2,1-5H3. The summed E-state index contributed by atoms with van der Waals surface area (Å²) in [6.45, 7) is 12.5. The highest BCUT2D eigenvalue weighted by Crippen LogP contribution is 2.04. The Morgan fingerprint density at radius 3 is 2.60 bits per heavy atom. The lowest BCUT2D eigenvalue weighted by atomic mass is 10.1. The zero-order valence-electron chi connectivity index (χ0n) is 10.4. The number of nitrogens with one attached hydrogen (secondary N) is 1. The van der Waals surface area contributed by atoms with Gasteiger partial charge in [0, 0.05) is 12.1 Å². The van der Waals surface area contributed by atoms with E-state index in [1.54, 1.807) is 6.33 Å². The number of hydrogen-bond acceptors (Lipinski definition) is 3. The molecule has 1 aromatic heterocycles. The van der Waals surface area contributed by atoms with Gasteiger partial charge in [0.2, 0.25) is 0 Å². The topological polar surface area (TPSA) is 42.7 Å². The van der Waals surface area contributed by atoms with E-state index in [-0.39, 0.29) is 5.54 Å². The van der Waals surface area contributed by atoms with E-state index in [1.807, 2.05) is 4.68 Å². The van der Waals surface area contributed by atoms with Crippen molar-refractivity contribution in [3.8, 4) is 0 Å². The molecule has 1 N–H and O–H groups in total. The van der Waals surface area contributed by atoms with Crippen molar-refractivity contribution >= 4 is 0 Å². The maximum absolute atomic E-state index is 4.26. The smallest absolute Gasteiger partial charge is 0.140 e. The summed E-state index contributed by atoms with van der Waals surface area (Å²) in [5.74, 6) is 1.61. The third kappa shape index (κ3) is 4.42. The first-order valence-electron chi connectivity index (χ1n) is 5.50. The molecule has 86 valence electrons. The monoisotopic (exact) mass is 210 g/mol. The summed E-state index contributed by atoms with van der Waals surface area (Å²) in [5.41, 5.74) is 0.120. The van der Waals surface area contributed by atoms with Crippen LogP contribution in [0.5, 0.6) is 0 Å². The van der Waals surface area contributed by atoms with E-state index in [1.165, 1.54) is 0 Å². The summed E-state index contributed by atoms with van der Waals surface area (Å²) in [6, 6.07) is 0. The molecule has 4 heteroatoms. The van der Waals surface area contributed by atoms with Gasteiger partial charge in [0.25, 0.3) is 0 Å². The Balaban J connectivity index is 2.57. The zero-order valence-corrected chi connectivity index (χ0v) is 10.4. The van der Waals surface area contributed by atoms with Crippen molar-refractivity contribution in [2.45, 2.75) is 53.2 Å². The highest BCUT2D eigenvalue weighted by atomic mass is 15.3. The molecule has 1 aromatic rings. The highest BCUT2D eigenvalue weighted by molar-refractivity contribution is 4.86. The lowest BCUT2D eigenvalue weighted by Gasteiger charge is -2.20. The fourth-order valence-electron chi connectivity index (χ4n) is 1.27. The molecule has 0 radical (unpaired) electrons. The summed E-state index contributed by atoms with van der Waals surface area (Å²) in [6.07, 6.45) is 1.63. The van der Waals surface area contributed by atoms with Crippen molar-refractivity contribution in [3.05, 3.63) is 12.2 Å². The van der Waals surface area contributed by atoms with Crippen molar-refractivity contribution in [3.63, 3.8) is 0 Å². The Labute approximate surface area is 92.1 Å². The molecule has 4 nitrogen and oxygen atoms in total. The first kappa shape index (κ1) is 12.2. The highest BCUT2D eigenvalue weighted by Gasteiger charge is 2.11. The fourth-order valence-corrected chi connectivity index (χ4v) is 1.27. The van der Waals surface area contributed by atoms with Crippen LogP contribution < -0.4 is 5.32 Å². The van der Waals surface area contributed by atoms with E-state index in [4.69, 9.17) is 0 Å². The number of nitrogens with zero attached hydrogens (tertiary/aromatic N) is 3. The second-order valence-corrected chi connectivity index (χ2v) is 5.36. The Hall–Kier alpha value is -0.900.